The first-order valence-corrected chi connectivity index (χ1v) is 4.64. The minimum absolute atomic E-state index is 0.0238. The molecular formula is C9H6ClNO2S. The molecular weight excluding hydrogens is 222 g/mol. The van der Waals surface area contributed by atoms with Crippen molar-refractivity contribution in [3.63, 3.8) is 0 Å². The van der Waals surface area contributed by atoms with Crippen LogP contribution >= 0.6 is 24.2 Å². The van der Waals surface area contributed by atoms with Gasteiger partial charge >= 0.3 is 5.97 Å². The lowest BCUT2D eigenvalue weighted by Crippen LogP contribution is -2.05. The third kappa shape index (κ3) is 1.84. The van der Waals surface area contributed by atoms with Crippen LogP contribution in [0.4, 0.5) is 0 Å². The molecule has 0 fully saturated rings. The second-order valence-electron chi connectivity index (χ2n) is 2.54. The Bertz CT molecular complexity index is 426. The molecule has 0 aliphatic carbocycles. The van der Waals surface area contributed by atoms with Gasteiger partial charge in [0.1, 0.15) is 6.07 Å². The molecule has 14 heavy (non-hydrogen) atoms. The number of carboxylic acids is 1. The molecule has 0 atom stereocenters. The molecule has 0 aromatic heterocycles. The first kappa shape index (κ1) is 10.9. The van der Waals surface area contributed by atoms with Gasteiger partial charge in [-0.05, 0) is 17.7 Å². The number of benzene rings is 1. The highest BCUT2D eigenvalue weighted by Crippen LogP contribution is 2.23. The number of thiol groups is 1. The van der Waals surface area contributed by atoms with Crippen molar-refractivity contribution in [1.29, 1.82) is 5.26 Å². The first-order valence-electron chi connectivity index (χ1n) is 3.66. The van der Waals surface area contributed by atoms with Gasteiger partial charge in [0.15, 0.2) is 0 Å². The Balaban J connectivity index is 3.54. The van der Waals surface area contributed by atoms with E-state index in [2.05, 4.69) is 12.6 Å². The highest BCUT2D eigenvalue weighted by atomic mass is 35.5. The van der Waals surface area contributed by atoms with Crippen molar-refractivity contribution in [2.45, 2.75) is 10.8 Å². The van der Waals surface area contributed by atoms with E-state index in [0.29, 0.717) is 10.5 Å². The van der Waals surface area contributed by atoms with Gasteiger partial charge in [-0.2, -0.15) is 5.26 Å². The Kier molecular flexibility index (Phi) is 3.39. The molecule has 5 heteroatoms. The Morgan fingerprint density at radius 3 is 2.71 bits per heavy atom. The zero-order valence-corrected chi connectivity index (χ0v) is 8.64. The maximum Gasteiger partial charge on any atom is 0.337 e. The fourth-order valence-electron chi connectivity index (χ4n) is 1.11. The highest BCUT2D eigenvalue weighted by Gasteiger charge is 2.16. The second-order valence-corrected chi connectivity index (χ2v) is 3.29. The minimum atomic E-state index is -1.16. The molecule has 0 radical (unpaired) electrons. The quantitative estimate of drug-likeness (QED) is 0.602. The van der Waals surface area contributed by atoms with E-state index in [4.69, 9.17) is 22.0 Å². The van der Waals surface area contributed by atoms with E-state index >= 15 is 0 Å². The molecule has 0 aliphatic rings. The third-order valence-corrected chi connectivity index (χ3v) is 2.44. The summed E-state index contributed by atoms with van der Waals surface area (Å²) in [5.74, 6) is -1.14. The largest absolute Gasteiger partial charge is 0.478 e. The van der Waals surface area contributed by atoms with Crippen molar-refractivity contribution < 1.29 is 9.90 Å². The summed E-state index contributed by atoms with van der Waals surface area (Å²) in [7, 11) is 0. The van der Waals surface area contributed by atoms with Crippen LogP contribution < -0.4 is 0 Å². The lowest BCUT2D eigenvalue weighted by molar-refractivity contribution is 0.0695. The molecule has 0 amide bonds. The van der Waals surface area contributed by atoms with E-state index < -0.39 is 5.97 Å². The Hall–Kier alpha value is -1.18. The lowest BCUT2D eigenvalue weighted by atomic mass is 10.0. The fraction of sp³-hybridized carbons (Fsp3) is 0.111. The molecule has 0 saturated carbocycles. The zero-order valence-electron chi connectivity index (χ0n) is 6.99. The first-order chi connectivity index (χ1) is 6.61. The number of rotatable bonds is 2. The number of halogens is 1. The van der Waals surface area contributed by atoms with E-state index in [1.165, 1.54) is 6.07 Å². The summed E-state index contributed by atoms with van der Waals surface area (Å²) < 4.78 is 0. The summed E-state index contributed by atoms with van der Waals surface area (Å²) >= 11 is 9.66. The van der Waals surface area contributed by atoms with Crippen LogP contribution in [0.1, 0.15) is 21.5 Å². The Morgan fingerprint density at radius 2 is 2.29 bits per heavy atom. The van der Waals surface area contributed by atoms with Crippen LogP contribution in [0, 0.1) is 11.3 Å². The summed E-state index contributed by atoms with van der Waals surface area (Å²) in [4.78, 5) is 11.4. The van der Waals surface area contributed by atoms with Gasteiger partial charge in [-0.25, -0.2) is 4.79 Å². The summed E-state index contributed by atoms with van der Waals surface area (Å²) in [6.45, 7) is 0. The maximum absolute atomic E-state index is 10.9. The van der Waals surface area contributed by atoms with Crippen molar-refractivity contribution >= 4 is 30.2 Å². The molecule has 72 valence electrons. The second kappa shape index (κ2) is 4.36. The molecule has 1 N–H and O–H groups in total. The summed E-state index contributed by atoms with van der Waals surface area (Å²) in [6, 6.07) is 4.79. The Morgan fingerprint density at radius 1 is 1.64 bits per heavy atom. The number of carbonyl (C=O) groups is 1. The number of nitriles is 1. The maximum atomic E-state index is 10.9. The topological polar surface area (TPSA) is 61.1 Å². The lowest BCUT2D eigenvalue weighted by Gasteiger charge is -2.06. The van der Waals surface area contributed by atoms with Crippen LogP contribution in [0.15, 0.2) is 17.0 Å². The van der Waals surface area contributed by atoms with Crippen LogP contribution in [0.2, 0.25) is 0 Å². The van der Waals surface area contributed by atoms with Gasteiger partial charge in [0.25, 0.3) is 0 Å². The van der Waals surface area contributed by atoms with Crippen LogP contribution in [-0.4, -0.2) is 11.1 Å². The van der Waals surface area contributed by atoms with Gasteiger partial charge < -0.3 is 5.11 Å². The average molecular weight is 228 g/mol. The van der Waals surface area contributed by atoms with Crippen molar-refractivity contribution in [2.75, 3.05) is 0 Å². The standard InChI is InChI=1S/C9H6ClNO2S/c10-3-6-7(14)2-1-5(4-11)8(6)9(12)13/h1-2,14H,3H2,(H,12,13). The number of hydrogen-bond acceptors (Lipinski definition) is 3. The number of hydrogen-bond donors (Lipinski definition) is 2. The minimum Gasteiger partial charge on any atom is -0.478 e. The summed E-state index contributed by atoms with van der Waals surface area (Å²) in [5, 5.41) is 17.6. The molecule has 0 spiro atoms. The summed E-state index contributed by atoms with van der Waals surface area (Å²) in [6.07, 6.45) is 0. The molecule has 1 rings (SSSR count). The SMILES string of the molecule is N#Cc1ccc(S)c(CCl)c1C(=O)O. The van der Waals surface area contributed by atoms with E-state index in [9.17, 15) is 4.79 Å². The monoisotopic (exact) mass is 227 g/mol. The van der Waals surface area contributed by atoms with Gasteiger partial charge in [0.2, 0.25) is 0 Å². The van der Waals surface area contributed by atoms with Crippen LogP contribution in [-0.2, 0) is 5.88 Å². The Labute approximate surface area is 91.3 Å². The van der Waals surface area contributed by atoms with E-state index in [0.717, 1.165) is 0 Å². The molecule has 1 aromatic rings. The molecule has 0 aliphatic heterocycles. The number of nitrogens with zero attached hydrogens (tertiary/aromatic N) is 1. The van der Waals surface area contributed by atoms with Crippen LogP contribution in [0.3, 0.4) is 0 Å². The van der Waals surface area contributed by atoms with Gasteiger partial charge in [-0.15, -0.1) is 24.2 Å². The van der Waals surface area contributed by atoms with Crippen molar-refractivity contribution in [3.8, 4) is 6.07 Å². The normalized spacial score (nSPS) is 9.50. The predicted molar refractivity (Wildman–Crippen MR) is 54.9 cm³/mol. The fourth-order valence-corrected chi connectivity index (χ4v) is 1.75. The van der Waals surface area contributed by atoms with Gasteiger partial charge in [-0.1, -0.05) is 0 Å². The van der Waals surface area contributed by atoms with Crippen LogP contribution in [0.25, 0.3) is 0 Å². The molecule has 3 nitrogen and oxygen atoms in total. The van der Waals surface area contributed by atoms with Crippen molar-refractivity contribution in [1.82, 2.24) is 0 Å². The predicted octanol–water partition coefficient (Wildman–Crippen LogP) is 2.28. The van der Waals surface area contributed by atoms with Crippen molar-refractivity contribution in [3.05, 3.63) is 28.8 Å². The molecule has 0 saturated heterocycles. The molecule has 1 aromatic carbocycles. The molecule has 0 heterocycles. The highest BCUT2D eigenvalue weighted by molar-refractivity contribution is 7.80. The number of alkyl halides is 1. The van der Waals surface area contributed by atoms with Crippen LogP contribution in [0.5, 0.6) is 0 Å². The van der Waals surface area contributed by atoms with Crippen molar-refractivity contribution in [2.24, 2.45) is 0 Å². The van der Waals surface area contributed by atoms with Gasteiger partial charge in [0.05, 0.1) is 11.1 Å². The van der Waals surface area contributed by atoms with Gasteiger partial charge in [-0.3, -0.25) is 0 Å². The third-order valence-electron chi connectivity index (χ3n) is 1.76. The molecule has 0 bridgehead atoms. The van der Waals surface area contributed by atoms with E-state index in [1.54, 1.807) is 12.1 Å². The number of aromatic carboxylic acids is 1. The van der Waals surface area contributed by atoms with E-state index in [-0.39, 0.29) is 17.0 Å². The molecule has 0 unspecified atom stereocenters. The summed E-state index contributed by atoms with van der Waals surface area (Å²) in [5.41, 5.74) is 0.419. The average Bonchev–Trinajstić information content (AvgIpc) is 2.17. The number of carboxylic acid groups (broad SMARTS) is 1. The van der Waals surface area contributed by atoms with Gasteiger partial charge in [0, 0.05) is 10.8 Å². The smallest absolute Gasteiger partial charge is 0.337 e. The zero-order chi connectivity index (χ0) is 10.7. The van der Waals surface area contributed by atoms with E-state index in [1.807, 2.05) is 0 Å².